The van der Waals surface area contributed by atoms with Crippen molar-refractivity contribution in [1.29, 1.82) is 0 Å². The lowest BCUT2D eigenvalue weighted by atomic mass is 10.1. The van der Waals surface area contributed by atoms with E-state index in [1.165, 1.54) is 4.90 Å². The van der Waals surface area contributed by atoms with Crippen molar-refractivity contribution in [3.05, 3.63) is 0 Å². The number of carbonyl (C=O) groups excluding carboxylic acids is 3. The molecule has 1 saturated heterocycles. The monoisotopic (exact) mass is 300 g/mol. The van der Waals surface area contributed by atoms with E-state index in [0.29, 0.717) is 24.6 Å². The molecule has 5 nitrogen and oxygen atoms in total. The van der Waals surface area contributed by atoms with E-state index in [1.807, 2.05) is 11.8 Å². The van der Waals surface area contributed by atoms with E-state index in [4.69, 9.17) is 0 Å². The van der Waals surface area contributed by atoms with Crippen LogP contribution in [0.1, 0.15) is 40.0 Å². The first-order valence-corrected chi connectivity index (χ1v) is 8.19. The van der Waals surface area contributed by atoms with E-state index >= 15 is 0 Å². The normalized spacial score (nSPS) is 19.0. The molecule has 1 atom stereocenters. The summed E-state index contributed by atoms with van der Waals surface area (Å²) in [5.41, 5.74) is 0. The number of hydrogen-bond acceptors (Lipinski definition) is 4. The summed E-state index contributed by atoms with van der Waals surface area (Å²) >= 11 is 1.84. The molecule has 0 aliphatic carbocycles. The zero-order valence-electron chi connectivity index (χ0n) is 12.5. The highest BCUT2D eigenvalue weighted by Crippen LogP contribution is 2.17. The van der Waals surface area contributed by atoms with Gasteiger partial charge in [-0.15, -0.1) is 0 Å². The summed E-state index contributed by atoms with van der Waals surface area (Å²) < 4.78 is 0. The molecule has 0 bridgehead atoms. The van der Waals surface area contributed by atoms with Gasteiger partial charge in [0.1, 0.15) is 0 Å². The average molecular weight is 300 g/mol. The Kier molecular flexibility index (Phi) is 7.05. The number of likely N-dealkylation sites (tertiary alicyclic amines) is 1. The van der Waals surface area contributed by atoms with Gasteiger partial charge in [0, 0.05) is 31.8 Å². The first-order valence-electron chi connectivity index (χ1n) is 7.14. The SMILES string of the molecule is CC(C)SCCCC(=O)NCCN1C(=O)CC(C)C1=O. The van der Waals surface area contributed by atoms with Crippen molar-refractivity contribution in [3.8, 4) is 0 Å². The van der Waals surface area contributed by atoms with E-state index < -0.39 is 0 Å². The topological polar surface area (TPSA) is 66.5 Å². The zero-order valence-corrected chi connectivity index (χ0v) is 13.3. The van der Waals surface area contributed by atoms with Crippen molar-refractivity contribution < 1.29 is 14.4 Å². The molecule has 114 valence electrons. The Bertz CT molecular complexity index is 371. The summed E-state index contributed by atoms with van der Waals surface area (Å²) in [6.07, 6.45) is 1.64. The van der Waals surface area contributed by atoms with E-state index in [0.717, 1.165) is 12.2 Å². The third kappa shape index (κ3) is 5.53. The van der Waals surface area contributed by atoms with Gasteiger partial charge in [-0.3, -0.25) is 19.3 Å². The number of nitrogens with zero attached hydrogens (tertiary/aromatic N) is 1. The van der Waals surface area contributed by atoms with Gasteiger partial charge in [-0.05, 0) is 17.4 Å². The van der Waals surface area contributed by atoms with E-state index in [2.05, 4.69) is 19.2 Å². The van der Waals surface area contributed by atoms with Gasteiger partial charge in [0.2, 0.25) is 17.7 Å². The van der Waals surface area contributed by atoms with Crippen LogP contribution < -0.4 is 5.32 Å². The van der Waals surface area contributed by atoms with Crippen molar-refractivity contribution in [3.63, 3.8) is 0 Å². The molecule has 0 aromatic heterocycles. The highest BCUT2D eigenvalue weighted by atomic mass is 32.2. The number of nitrogens with one attached hydrogen (secondary N) is 1. The lowest BCUT2D eigenvalue weighted by molar-refractivity contribution is -0.139. The molecular formula is C14H24N2O3S. The summed E-state index contributed by atoms with van der Waals surface area (Å²) in [7, 11) is 0. The standard InChI is InChI=1S/C14H24N2O3S/c1-10(2)20-8-4-5-12(17)15-6-7-16-13(18)9-11(3)14(16)19/h10-11H,4-9H2,1-3H3,(H,15,17). The fourth-order valence-corrected chi connectivity index (χ4v) is 2.81. The highest BCUT2D eigenvalue weighted by Gasteiger charge is 2.34. The van der Waals surface area contributed by atoms with Gasteiger partial charge in [-0.25, -0.2) is 0 Å². The maximum absolute atomic E-state index is 11.7. The molecule has 0 spiro atoms. The Hall–Kier alpha value is -1.04. The summed E-state index contributed by atoms with van der Waals surface area (Å²) in [5.74, 6) is 0.488. The van der Waals surface area contributed by atoms with Crippen molar-refractivity contribution in [2.24, 2.45) is 5.92 Å². The number of hydrogen-bond donors (Lipinski definition) is 1. The van der Waals surface area contributed by atoms with Crippen molar-refractivity contribution in [1.82, 2.24) is 10.2 Å². The third-order valence-electron chi connectivity index (χ3n) is 3.13. The van der Waals surface area contributed by atoms with Crippen LogP contribution in [0.25, 0.3) is 0 Å². The lowest BCUT2D eigenvalue weighted by Gasteiger charge is -2.14. The molecule has 1 aliphatic rings. The number of thioether (sulfide) groups is 1. The van der Waals surface area contributed by atoms with Gasteiger partial charge in [-0.2, -0.15) is 11.8 Å². The van der Waals surface area contributed by atoms with Crippen LogP contribution in [-0.4, -0.2) is 46.7 Å². The van der Waals surface area contributed by atoms with E-state index in [1.54, 1.807) is 6.92 Å². The Balaban J connectivity index is 2.13. The van der Waals surface area contributed by atoms with Crippen molar-refractivity contribution >= 4 is 29.5 Å². The molecule has 1 fully saturated rings. The van der Waals surface area contributed by atoms with Crippen LogP contribution in [0.5, 0.6) is 0 Å². The van der Waals surface area contributed by atoms with Crippen LogP contribution in [-0.2, 0) is 14.4 Å². The molecule has 20 heavy (non-hydrogen) atoms. The smallest absolute Gasteiger partial charge is 0.232 e. The highest BCUT2D eigenvalue weighted by molar-refractivity contribution is 7.99. The molecule has 1 unspecified atom stereocenters. The van der Waals surface area contributed by atoms with Gasteiger partial charge in [-0.1, -0.05) is 20.8 Å². The molecule has 1 rings (SSSR count). The Labute approximate surface area is 124 Å². The van der Waals surface area contributed by atoms with Crippen LogP contribution in [0.4, 0.5) is 0 Å². The first-order chi connectivity index (χ1) is 9.41. The van der Waals surface area contributed by atoms with Crippen LogP contribution in [0.15, 0.2) is 0 Å². The lowest BCUT2D eigenvalue weighted by Crippen LogP contribution is -2.38. The van der Waals surface area contributed by atoms with E-state index in [9.17, 15) is 14.4 Å². The van der Waals surface area contributed by atoms with Gasteiger partial charge in [0.15, 0.2) is 0 Å². The van der Waals surface area contributed by atoms with Crippen LogP contribution >= 0.6 is 11.8 Å². The maximum Gasteiger partial charge on any atom is 0.232 e. The Morgan fingerprint density at radius 3 is 2.70 bits per heavy atom. The molecule has 3 amide bonds. The number of amides is 3. The molecular weight excluding hydrogens is 276 g/mol. The third-order valence-corrected chi connectivity index (χ3v) is 4.32. The van der Waals surface area contributed by atoms with Gasteiger partial charge < -0.3 is 5.32 Å². The first kappa shape index (κ1) is 17.0. The quantitative estimate of drug-likeness (QED) is 0.544. The summed E-state index contributed by atoms with van der Waals surface area (Å²) in [4.78, 5) is 36.0. The van der Waals surface area contributed by atoms with Gasteiger partial charge >= 0.3 is 0 Å². The molecule has 0 saturated carbocycles. The second-order valence-electron chi connectivity index (χ2n) is 5.36. The fourth-order valence-electron chi connectivity index (χ4n) is 2.03. The molecule has 0 aromatic carbocycles. The number of imide groups is 1. The summed E-state index contributed by atoms with van der Waals surface area (Å²) in [6, 6.07) is 0. The second kappa shape index (κ2) is 8.29. The molecule has 1 N–H and O–H groups in total. The summed E-state index contributed by atoms with van der Waals surface area (Å²) in [6.45, 7) is 6.66. The minimum atomic E-state index is -0.216. The fraction of sp³-hybridized carbons (Fsp3) is 0.786. The van der Waals surface area contributed by atoms with Gasteiger partial charge in [0.05, 0.1) is 0 Å². The van der Waals surface area contributed by atoms with E-state index in [-0.39, 0.29) is 30.2 Å². The second-order valence-corrected chi connectivity index (χ2v) is 7.05. The van der Waals surface area contributed by atoms with Gasteiger partial charge in [0.25, 0.3) is 0 Å². The molecule has 1 heterocycles. The average Bonchev–Trinajstić information content (AvgIpc) is 2.61. The Morgan fingerprint density at radius 1 is 1.45 bits per heavy atom. The zero-order chi connectivity index (χ0) is 15.1. The van der Waals surface area contributed by atoms with Crippen LogP contribution in [0.2, 0.25) is 0 Å². The van der Waals surface area contributed by atoms with Crippen LogP contribution in [0.3, 0.4) is 0 Å². The number of carbonyl (C=O) groups is 3. The van der Waals surface area contributed by atoms with Crippen molar-refractivity contribution in [2.45, 2.75) is 45.3 Å². The number of rotatable bonds is 8. The minimum Gasteiger partial charge on any atom is -0.354 e. The largest absolute Gasteiger partial charge is 0.354 e. The minimum absolute atomic E-state index is 0.0125. The Morgan fingerprint density at radius 2 is 2.15 bits per heavy atom. The molecule has 0 radical (unpaired) electrons. The van der Waals surface area contributed by atoms with Crippen molar-refractivity contribution in [2.75, 3.05) is 18.8 Å². The predicted octanol–water partition coefficient (Wildman–Crippen LogP) is 1.42. The molecule has 0 aromatic rings. The maximum atomic E-state index is 11.7. The molecule has 6 heteroatoms. The predicted molar refractivity (Wildman–Crippen MR) is 80.3 cm³/mol. The molecule has 1 aliphatic heterocycles. The summed E-state index contributed by atoms with van der Waals surface area (Å²) in [5, 5.41) is 3.35. The van der Waals surface area contributed by atoms with Crippen LogP contribution in [0, 0.1) is 5.92 Å².